The van der Waals surface area contributed by atoms with Crippen molar-refractivity contribution in [3.63, 3.8) is 0 Å². The van der Waals surface area contributed by atoms with Crippen LogP contribution in [0.4, 0.5) is 5.69 Å². The lowest BCUT2D eigenvalue weighted by molar-refractivity contribution is 0.711. The summed E-state index contributed by atoms with van der Waals surface area (Å²) in [4.78, 5) is 0. The molecule has 126 valence electrons. The molecule has 0 radical (unpaired) electrons. The van der Waals surface area contributed by atoms with Crippen LogP contribution in [0.25, 0.3) is 10.2 Å². The van der Waals surface area contributed by atoms with Gasteiger partial charge in [-0.3, -0.25) is 0 Å². The zero-order valence-corrected chi connectivity index (χ0v) is 15.4. The SMILES string of the molecule is Cl.Clc1ccc2c(c1NCc1ccc3nnsc3c1)CCNCC2. The molecule has 0 atom stereocenters. The number of benzene rings is 2. The summed E-state index contributed by atoms with van der Waals surface area (Å²) in [5.74, 6) is 0. The molecule has 0 spiro atoms. The van der Waals surface area contributed by atoms with E-state index in [9.17, 15) is 0 Å². The number of hydrogen-bond acceptors (Lipinski definition) is 5. The molecule has 24 heavy (non-hydrogen) atoms. The zero-order chi connectivity index (χ0) is 15.6. The van der Waals surface area contributed by atoms with Crippen molar-refractivity contribution in [2.45, 2.75) is 19.4 Å². The van der Waals surface area contributed by atoms with Crippen LogP contribution in [-0.2, 0) is 19.4 Å². The number of nitrogens with one attached hydrogen (secondary N) is 2. The third-order valence-electron chi connectivity index (χ3n) is 4.26. The van der Waals surface area contributed by atoms with Crippen LogP contribution >= 0.6 is 35.5 Å². The molecule has 2 N–H and O–H groups in total. The fraction of sp³-hybridized carbons (Fsp3) is 0.294. The quantitative estimate of drug-likeness (QED) is 0.718. The lowest BCUT2D eigenvalue weighted by atomic mass is 10.0. The van der Waals surface area contributed by atoms with E-state index < -0.39 is 0 Å². The van der Waals surface area contributed by atoms with Crippen LogP contribution in [0.2, 0.25) is 5.02 Å². The molecule has 1 aliphatic rings. The smallest absolute Gasteiger partial charge is 0.105 e. The molecule has 0 aliphatic carbocycles. The van der Waals surface area contributed by atoms with Gasteiger partial charge in [0.25, 0.3) is 0 Å². The van der Waals surface area contributed by atoms with E-state index in [0.717, 1.165) is 53.4 Å². The molecular weight excluding hydrogens is 363 g/mol. The van der Waals surface area contributed by atoms with Crippen molar-refractivity contribution < 1.29 is 0 Å². The van der Waals surface area contributed by atoms with E-state index in [0.29, 0.717) is 0 Å². The average Bonchev–Trinajstić information content (AvgIpc) is 2.90. The summed E-state index contributed by atoms with van der Waals surface area (Å²) in [6, 6.07) is 10.4. The first-order valence-corrected chi connectivity index (χ1v) is 8.92. The predicted octanol–water partition coefficient (Wildman–Crippen LogP) is 4.07. The van der Waals surface area contributed by atoms with Gasteiger partial charge in [0.15, 0.2) is 0 Å². The van der Waals surface area contributed by atoms with Gasteiger partial charge in [-0.15, -0.1) is 17.5 Å². The number of halogens is 2. The highest BCUT2D eigenvalue weighted by molar-refractivity contribution is 7.12. The second-order valence-electron chi connectivity index (χ2n) is 5.74. The molecule has 0 amide bonds. The van der Waals surface area contributed by atoms with Crippen molar-refractivity contribution in [3.05, 3.63) is 52.0 Å². The Kier molecular flexibility index (Phi) is 5.56. The lowest BCUT2D eigenvalue weighted by Crippen LogP contribution is -2.16. The summed E-state index contributed by atoms with van der Waals surface area (Å²) >= 11 is 7.89. The van der Waals surface area contributed by atoms with Gasteiger partial charge in [0.05, 0.1) is 15.4 Å². The first-order chi connectivity index (χ1) is 11.3. The Morgan fingerprint density at radius 3 is 2.96 bits per heavy atom. The van der Waals surface area contributed by atoms with Crippen LogP contribution in [0.5, 0.6) is 0 Å². The maximum absolute atomic E-state index is 6.46. The number of fused-ring (bicyclic) bond motifs is 2. The average molecular weight is 381 g/mol. The standard InChI is InChI=1S/C17H17ClN4S.ClH/c18-14-3-2-12-5-7-19-8-6-13(12)17(14)20-10-11-1-4-15-16(9-11)23-22-21-15;/h1-4,9,19-20H,5-8,10H2;1H. The number of rotatable bonds is 3. The van der Waals surface area contributed by atoms with Gasteiger partial charge in [0, 0.05) is 6.54 Å². The van der Waals surface area contributed by atoms with Crippen molar-refractivity contribution in [3.8, 4) is 0 Å². The molecule has 2 aromatic carbocycles. The second-order valence-corrected chi connectivity index (χ2v) is 6.93. The number of anilines is 1. The van der Waals surface area contributed by atoms with Gasteiger partial charge in [0.1, 0.15) is 5.52 Å². The molecule has 4 rings (SSSR count). The second kappa shape index (κ2) is 7.66. The molecule has 0 saturated carbocycles. The maximum Gasteiger partial charge on any atom is 0.105 e. The molecule has 2 heterocycles. The van der Waals surface area contributed by atoms with Crippen LogP contribution < -0.4 is 10.6 Å². The van der Waals surface area contributed by atoms with Crippen LogP contribution in [0.15, 0.2) is 30.3 Å². The highest BCUT2D eigenvalue weighted by atomic mass is 35.5. The molecule has 0 bridgehead atoms. The molecule has 3 aromatic rings. The van der Waals surface area contributed by atoms with Crippen LogP contribution in [0.1, 0.15) is 16.7 Å². The van der Waals surface area contributed by atoms with E-state index in [1.807, 2.05) is 12.1 Å². The third-order valence-corrected chi connectivity index (χ3v) is 5.27. The minimum Gasteiger partial charge on any atom is -0.380 e. The number of nitrogens with zero attached hydrogens (tertiary/aromatic N) is 2. The fourth-order valence-electron chi connectivity index (χ4n) is 3.06. The minimum atomic E-state index is 0. The normalized spacial score (nSPS) is 13.9. The lowest BCUT2D eigenvalue weighted by Gasteiger charge is -2.16. The van der Waals surface area contributed by atoms with Crippen molar-refractivity contribution >= 4 is 51.4 Å². The van der Waals surface area contributed by atoms with E-state index >= 15 is 0 Å². The maximum atomic E-state index is 6.46. The van der Waals surface area contributed by atoms with Crippen molar-refractivity contribution in [1.29, 1.82) is 0 Å². The molecule has 1 aromatic heterocycles. The Balaban J connectivity index is 0.00000169. The van der Waals surface area contributed by atoms with Gasteiger partial charge in [-0.2, -0.15) is 0 Å². The van der Waals surface area contributed by atoms with Gasteiger partial charge in [0.2, 0.25) is 0 Å². The number of aromatic nitrogens is 2. The first kappa shape index (κ1) is 17.4. The Hall–Kier alpha value is -1.40. The summed E-state index contributed by atoms with van der Waals surface area (Å²) in [5.41, 5.74) is 5.99. The summed E-state index contributed by atoms with van der Waals surface area (Å²) in [7, 11) is 0. The monoisotopic (exact) mass is 380 g/mol. The molecule has 1 aliphatic heterocycles. The molecule has 7 heteroatoms. The summed E-state index contributed by atoms with van der Waals surface area (Å²) in [6.07, 6.45) is 2.07. The Morgan fingerprint density at radius 2 is 2.04 bits per heavy atom. The molecule has 0 saturated heterocycles. The molecule has 0 unspecified atom stereocenters. The molecule has 0 fully saturated rings. The zero-order valence-electron chi connectivity index (χ0n) is 13.0. The largest absolute Gasteiger partial charge is 0.380 e. The van der Waals surface area contributed by atoms with Crippen LogP contribution in [0.3, 0.4) is 0 Å². The van der Waals surface area contributed by atoms with Crippen molar-refractivity contribution in [2.24, 2.45) is 0 Å². The van der Waals surface area contributed by atoms with Crippen LogP contribution in [0, 0.1) is 0 Å². The minimum absolute atomic E-state index is 0. The van der Waals surface area contributed by atoms with E-state index in [2.05, 4.69) is 38.4 Å². The fourth-order valence-corrected chi connectivity index (χ4v) is 3.92. The summed E-state index contributed by atoms with van der Waals surface area (Å²) in [5, 5.41) is 11.9. The molecule has 4 nitrogen and oxygen atoms in total. The van der Waals surface area contributed by atoms with Crippen molar-refractivity contribution in [2.75, 3.05) is 18.4 Å². The predicted molar refractivity (Wildman–Crippen MR) is 104 cm³/mol. The molecular formula is C17H18Cl2N4S. The Morgan fingerprint density at radius 1 is 1.17 bits per heavy atom. The summed E-state index contributed by atoms with van der Waals surface area (Å²) < 4.78 is 5.10. The van der Waals surface area contributed by atoms with Crippen LogP contribution in [-0.4, -0.2) is 22.7 Å². The number of hydrogen-bond donors (Lipinski definition) is 2. The third kappa shape index (κ3) is 3.49. The van der Waals surface area contributed by atoms with Gasteiger partial charge in [-0.05, 0) is 72.4 Å². The van der Waals surface area contributed by atoms with Crippen molar-refractivity contribution in [1.82, 2.24) is 14.9 Å². The van der Waals surface area contributed by atoms with Gasteiger partial charge in [-0.25, -0.2) is 0 Å². The topological polar surface area (TPSA) is 49.8 Å². The van der Waals surface area contributed by atoms with E-state index in [1.54, 1.807) is 0 Å². The van der Waals surface area contributed by atoms with Gasteiger partial charge < -0.3 is 10.6 Å². The van der Waals surface area contributed by atoms with Gasteiger partial charge in [-0.1, -0.05) is 28.2 Å². The van der Waals surface area contributed by atoms with E-state index in [-0.39, 0.29) is 12.4 Å². The summed E-state index contributed by atoms with van der Waals surface area (Å²) in [6.45, 7) is 2.78. The highest BCUT2D eigenvalue weighted by Crippen LogP contribution is 2.31. The first-order valence-electron chi connectivity index (χ1n) is 7.77. The Labute approximate surface area is 156 Å². The Bertz CT molecular complexity index is 850. The van der Waals surface area contributed by atoms with E-state index in [1.165, 1.54) is 28.2 Å². The van der Waals surface area contributed by atoms with E-state index in [4.69, 9.17) is 11.6 Å². The van der Waals surface area contributed by atoms with Gasteiger partial charge >= 0.3 is 0 Å². The highest BCUT2D eigenvalue weighted by Gasteiger charge is 2.14.